The number of rotatable bonds is 0. The molecular formula is C13H11N3. The largest absolute Gasteiger partial charge is 0.298 e. The molecule has 1 aliphatic rings. The number of hydrogen-bond donors (Lipinski definition) is 1. The van der Waals surface area contributed by atoms with Crippen molar-refractivity contribution in [2.75, 3.05) is 6.54 Å². The van der Waals surface area contributed by atoms with E-state index < -0.39 is 0 Å². The van der Waals surface area contributed by atoms with Crippen LogP contribution in [0.3, 0.4) is 0 Å². The normalized spacial score (nSPS) is 19.1. The minimum Gasteiger partial charge on any atom is -0.298 e. The van der Waals surface area contributed by atoms with Gasteiger partial charge < -0.3 is 0 Å². The van der Waals surface area contributed by atoms with Crippen LogP contribution in [0.1, 0.15) is 17.3 Å². The number of nitrogens with zero attached hydrogens (tertiary/aromatic N) is 2. The zero-order valence-corrected chi connectivity index (χ0v) is 8.77. The van der Waals surface area contributed by atoms with Crippen molar-refractivity contribution in [2.45, 2.75) is 12.5 Å². The molecule has 2 aromatic rings. The summed E-state index contributed by atoms with van der Waals surface area (Å²) in [6, 6.07) is 12.2. The molecule has 1 unspecified atom stereocenters. The van der Waals surface area contributed by atoms with Gasteiger partial charge in [0.2, 0.25) is 0 Å². The third-order valence-corrected chi connectivity index (χ3v) is 2.99. The van der Waals surface area contributed by atoms with Crippen molar-refractivity contribution >= 4 is 10.9 Å². The second-order valence-corrected chi connectivity index (χ2v) is 3.98. The predicted molar refractivity (Wildman–Crippen MR) is 61.8 cm³/mol. The van der Waals surface area contributed by atoms with Gasteiger partial charge in [0, 0.05) is 29.6 Å². The Morgan fingerprint density at radius 2 is 2.25 bits per heavy atom. The Kier molecular flexibility index (Phi) is 2.09. The Balaban J connectivity index is 2.26. The Hall–Kier alpha value is -1.92. The summed E-state index contributed by atoms with van der Waals surface area (Å²) in [5.41, 5.74) is 3.11. The first-order chi connectivity index (χ1) is 7.88. The van der Waals surface area contributed by atoms with E-state index in [1.807, 2.05) is 24.3 Å². The van der Waals surface area contributed by atoms with Gasteiger partial charge in [-0.05, 0) is 12.1 Å². The van der Waals surface area contributed by atoms with Gasteiger partial charge in [-0.15, -0.1) is 0 Å². The van der Waals surface area contributed by atoms with Gasteiger partial charge in [-0.25, -0.2) is 0 Å². The molecule has 1 aliphatic heterocycles. The molecule has 1 atom stereocenters. The Bertz CT molecular complexity index is 583. The molecule has 0 fully saturated rings. The van der Waals surface area contributed by atoms with Gasteiger partial charge in [0.05, 0.1) is 11.6 Å². The zero-order chi connectivity index (χ0) is 11.0. The summed E-state index contributed by atoms with van der Waals surface area (Å²) in [5.74, 6) is 0. The summed E-state index contributed by atoms with van der Waals surface area (Å²) in [4.78, 5) is 4.62. The maximum atomic E-state index is 9.07. The molecule has 1 aromatic heterocycles. The summed E-state index contributed by atoms with van der Waals surface area (Å²) in [5, 5.41) is 13.4. The minimum absolute atomic E-state index is 0.208. The van der Waals surface area contributed by atoms with Crippen LogP contribution in [0.5, 0.6) is 0 Å². The van der Waals surface area contributed by atoms with Crippen molar-refractivity contribution in [1.29, 1.82) is 5.26 Å². The predicted octanol–water partition coefficient (Wildman–Crippen LogP) is 1.95. The molecule has 2 heterocycles. The highest BCUT2D eigenvalue weighted by Gasteiger charge is 2.20. The molecule has 78 valence electrons. The molecule has 1 N–H and O–H groups in total. The Morgan fingerprint density at radius 1 is 1.38 bits per heavy atom. The van der Waals surface area contributed by atoms with E-state index in [4.69, 9.17) is 5.26 Å². The van der Waals surface area contributed by atoms with Gasteiger partial charge >= 0.3 is 0 Å². The van der Waals surface area contributed by atoms with Crippen LogP contribution in [0.25, 0.3) is 10.9 Å². The second-order valence-electron chi connectivity index (χ2n) is 3.98. The summed E-state index contributed by atoms with van der Waals surface area (Å²) >= 11 is 0. The summed E-state index contributed by atoms with van der Waals surface area (Å²) in [7, 11) is 0. The fourth-order valence-corrected chi connectivity index (χ4v) is 2.18. The SMILES string of the molecule is N#CC1NCCc2nc3ccccc3cc21. The first kappa shape index (κ1) is 9.32. The topological polar surface area (TPSA) is 48.7 Å². The van der Waals surface area contributed by atoms with Crippen molar-refractivity contribution in [2.24, 2.45) is 0 Å². The average Bonchev–Trinajstić information content (AvgIpc) is 2.35. The van der Waals surface area contributed by atoms with E-state index in [2.05, 4.69) is 22.4 Å². The summed E-state index contributed by atoms with van der Waals surface area (Å²) in [6.45, 7) is 0.830. The van der Waals surface area contributed by atoms with Crippen molar-refractivity contribution in [3.05, 3.63) is 41.6 Å². The molecular weight excluding hydrogens is 198 g/mol. The number of nitriles is 1. The maximum Gasteiger partial charge on any atom is 0.123 e. The fraction of sp³-hybridized carbons (Fsp3) is 0.231. The molecule has 0 spiro atoms. The van der Waals surface area contributed by atoms with E-state index in [-0.39, 0.29) is 6.04 Å². The van der Waals surface area contributed by atoms with Crippen molar-refractivity contribution in [3.8, 4) is 6.07 Å². The van der Waals surface area contributed by atoms with Gasteiger partial charge in [0.25, 0.3) is 0 Å². The molecule has 0 saturated heterocycles. The molecule has 0 amide bonds. The monoisotopic (exact) mass is 209 g/mol. The number of hydrogen-bond acceptors (Lipinski definition) is 3. The highest BCUT2D eigenvalue weighted by atomic mass is 14.9. The number of nitrogens with one attached hydrogen (secondary N) is 1. The van der Waals surface area contributed by atoms with E-state index in [9.17, 15) is 0 Å². The fourth-order valence-electron chi connectivity index (χ4n) is 2.18. The van der Waals surface area contributed by atoms with E-state index >= 15 is 0 Å². The van der Waals surface area contributed by atoms with E-state index in [0.29, 0.717) is 0 Å². The highest BCUT2D eigenvalue weighted by Crippen LogP contribution is 2.24. The molecule has 16 heavy (non-hydrogen) atoms. The lowest BCUT2D eigenvalue weighted by Gasteiger charge is -2.21. The summed E-state index contributed by atoms with van der Waals surface area (Å²) in [6.07, 6.45) is 0.901. The maximum absolute atomic E-state index is 9.07. The number of aromatic nitrogens is 1. The number of para-hydroxylation sites is 1. The van der Waals surface area contributed by atoms with Crippen LogP contribution in [-0.4, -0.2) is 11.5 Å². The van der Waals surface area contributed by atoms with Crippen molar-refractivity contribution < 1.29 is 0 Å². The van der Waals surface area contributed by atoms with Crippen LogP contribution in [-0.2, 0) is 6.42 Å². The third kappa shape index (κ3) is 1.36. The van der Waals surface area contributed by atoms with Crippen LogP contribution >= 0.6 is 0 Å². The first-order valence-electron chi connectivity index (χ1n) is 5.40. The standard InChI is InChI=1S/C13H11N3/c14-8-13-10-7-9-3-1-2-4-11(9)16-12(10)5-6-15-13/h1-4,7,13,15H,5-6H2. The van der Waals surface area contributed by atoms with E-state index in [1.165, 1.54) is 0 Å². The van der Waals surface area contributed by atoms with Crippen LogP contribution in [0, 0.1) is 11.3 Å². The molecule has 0 bridgehead atoms. The lowest BCUT2D eigenvalue weighted by Crippen LogP contribution is -2.29. The highest BCUT2D eigenvalue weighted by molar-refractivity contribution is 5.79. The molecule has 0 saturated carbocycles. The number of fused-ring (bicyclic) bond motifs is 2. The lowest BCUT2D eigenvalue weighted by molar-refractivity contribution is 0.581. The molecule has 3 rings (SSSR count). The van der Waals surface area contributed by atoms with Crippen molar-refractivity contribution in [3.63, 3.8) is 0 Å². The molecule has 1 aromatic carbocycles. The van der Waals surface area contributed by atoms with Crippen LogP contribution in [0.15, 0.2) is 30.3 Å². The quantitative estimate of drug-likeness (QED) is 0.721. The first-order valence-corrected chi connectivity index (χ1v) is 5.40. The molecule has 0 radical (unpaired) electrons. The number of benzene rings is 1. The molecule has 3 nitrogen and oxygen atoms in total. The van der Waals surface area contributed by atoms with Crippen LogP contribution in [0.4, 0.5) is 0 Å². The second kappa shape index (κ2) is 3.58. The van der Waals surface area contributed by atoms with Crippen LogP contribution in [0.2, 0.25) is 0 Å². The van der Waals surface area contributed by atoms with Gasteiger partial charge in [0.15, 0.2) is 0 Å². The van der Waals surface area contributed by atoms with Gasteiger partial charge in [-0.3, -0.25) is 10.3 Å². The number of pyridine rings is 1. The summed E-state index contributed by atoms with van der Waals surface area (Å²) < 4.78 is 0. The molecule has 0 aliphatic carbocycles. The smallest absolute Gasteiger partial charge is 0.123 e. The Morgan fingerprint density at radius 3 is 3.12 bits per heavy atom. The third-order valence-electron chi connectivity index (χ3n) is 2.99. The van der Waals surface area contributed by atoms with E-state index in [1.54, 1.807) is 0 Å². The lowest BCUT2D eigenvalue weighted by atomic mass is 9.98. The molecule has 3 heteroatoms. The van der Waals surface area contributed by atoms with Crippen LogP contribution < -0.4 is 5.32 Å². The van der Waals surface area contributed by atoms with Gasteiger partial charge in [-0.1, -0.05) is 18.2 Å². The van der Waals surface area contributed by atoms with Gasteiger partial charge in [0.1, 0.15) is 6.04 Å². The average molecular weight is 209 g/mol. The zero-order valence-electron chi connectivity index (χ0n) is 8.77. The Labute approximate surface area is 93.7 Å². The van der Waals surface area contributed by atoms with Crippen molar-refractivity contribution in [1.82, 2.24) is 10.3 Å². The van der Waals surface area contributed by atoms with Gasteiger partial charge in [-0.2, -0.15) is 5.26 Å². The minimum atomic E-state index is -0.208. The van der Waals surface area contributed by atoms with E-state index in [0.717, 1.165) is 35.1 Å².